The summed E-state index contributed by atoms with van der Waals surface area (Å²) in [6, 6.07) is 4.90. The lowest BCUT2D eigenvalue weighted by Gasteiger charge is -2.07. The molecule has 3 rings (SSSR count). The van der Waals surface area contributed by atoms with Crippen molar-refractivity contribution in [1.82, 2.24) is 9.97 Å². The summed E-state index contributed by atoms with van der Waals surface area (Å²) in [6.45, 7) is 0. The van der Waals surface area contributed by atoms with Crippen LogP contribution < -0.4 is 10.6 Å². The zero-order valence-corrected chi connectivity index (χ0v) is 13.1. The molecule has 22 heavy (non-hydrogen) atoms. The van der Waals surface area contributed by atoms with Gasteiger partial charge in [0.05, 0.1) is 11.9 Å². The van der Waals surface area contributed by atoms with Crippen molar-refractivity contribution in [2.45, 2.75) is 12.8 Å². The summed E-state index contributed by atoms with van der Waals surface area (Å²) in [6.07, 6.45) is 6.52. The van der Waals surface area contributed by atoms with Gasteiger partial charge in [-0.15, -0.1) is 0 Å². The van der Waals surface area contributed by atoms with Crippen molar-refractivity contribution in [2.75, 3.05) is 10.6 Å². The van der Waals surface area contributed by atoms with Crippen LogP contribution in [0.15, 0.2) is 41.3 Å². The predicted molar refractivity (Wildman–Crippen MR) is 85.5 cm³/mol. The van der Waals surface area contributed by atoms with Gasteiger partial charge in [-0.3, -0.25) is 14.6 Å². The minimum atomic E-state index is -0.288. The number of pyridine rings is 2. The van der Waals surface area contributed by atoms with E-state index in [4.69, 9.17) is 0 Å². The van der Waals surface area contributed by atoms with Gasteiger partial charge in [-0.05, 0) is 47.0 Å². The molecule has 0 unspecified atom stereocenters. The summed E-state index contributed by atoms with van der Waals surface area (Å²) in [7, 11) is 0. The molecule has 2 amide bonds. The van der Waals surface area contributed by atoms with Gasteiger partial charge in [0.25, 0.3) is 5.91 Å². The molecule has 1 saturated carbocycles. The Morgan fingerprint density at radius 2 is 2.00 bits per heavy atom. The van der Waals surface area contributed by atoms with Crippen LogP contribution in [0.2, 0.25) is 0 Å². The summed E-state index contributed by atoms with van der Waals surface area (Å²) in [5.74, 6) is 0.148. The standard InChI is InChI=1S/C15H13BrN4O2/c16-11-6-12(8-17-7-11)19-15(22)10-3-4-18-13(5-10)20-14(21)9-1-2-9/h3-9H,1-2H2,(H,19,22)(H,18,20,21). The fourth-order valence-electron chi connectivity index (χ4n) is 1.90. The molecule has 2 N–H and O–H groups in total. The average molecular weight is 361 g/mol. The van der Waals surface area contributed by atoms with Gasteiger partial charge in [-0.1, -0.05) is 0 Å². The van der Waals surface area contributed by atoms with Crippen LogP contribution >= 0.6 is 15.9 Å². The molecular formula is C15H13BrN4O2. The van der Waals surface area contributed by atoms with E-state index in [0.29, 0.717) is 17.1 Å². The Kier molecular flexibility index (Phi) is 4.15. The second-order valence-electron chi connectivity index (χ2n) is 5.04. The second-order valence-corrected chi connectivity index (χ2v) is 5.95. The van der Waals surface area contributed by atoms with Crippen molar-refractivity contribution in [2.24, 2.45) is 5.92 Å². The smallest absolute Gasteiger partial charge is 0.255 e. The number of hydrogen-bond acceptors (Lipinski definition) is 4. The molecule has 7 heteroatoms. The van der Waals surface area contributed by atoms with Gasteiger partial charge in [0.2, 0.25) is 5.91 Å². The Hall–Kier alpha value is -2.28. The van der Waals surface area contributed by atoms with Gasteiger partial charge in [0.15, 0.2) is 0 Å². The van der Waals surface area contributed by atoms with Crippen molar-refractivity contribution in [3.05, 3.63) is 46.8 Å². The highest BCUT2D eigenvalue weighted by atomic mass is 79.9. The average Bonchev–Trinajstić information content (AvgIpc) is 3.32. The van der Waals surface area contributed by atoms with Crippen molar-refractivity contribution in [1.29, 1.82) is 0 Å². The van der Waals surface area contributed by atoms with Gasteiger partial charge in [0, 0.05) is 28.3 Å². The first kappa shape index (κ1) is 14.6. The Labute approximate surface area is 135 Å². The molecule has 0 spiro atoms. The first-order chi connectivity index (χ1) is 10.6. The molecule has 2 heterocycles. The van der Waals surface area contributed by atoms with E-state index in [1.54, 1.807) is 30.6 Å². The lowest BCUT2D eigenvalue weighted by atomic mass is 10.2. The van der Waals surface area contributed by atoms with Crippen LogP contribution in [-0.4, -0.2) is 21.8 Å². The zero-order chi connectivity index (χ0) is 15.5. The van der Waals surface area contributed by atoms with E-state index in [9.17, 15) is 9.59 Å². The van der Waals surface area contributed by atoms with E-state index in [1.807, 2.05) is 0 Å². The van der Waals surface area contributed by atoms with Crippen LogP contribution in [0.1, 0.15) is 23.2 Å². The van der Waals surface area contributed by atoms with Gasteiger partial charge in [-0.2, -0.15) is 0 Å². The van der Waals surface area contributed by atoms with Crippen molar-refractivity contribution in [3.63, 3.8) is 0 Å². The number of carbonyl (C=O) groups is 2. The first-order valence-electron chi connectivity index (χ1n) is 6.80. The summed E-state index contributed by atoms with van der Waals surface area (Å²) < 4.78 is 0.775. The quantitative estimate of drug-likeness (QED) is 0.877. The molecular weight excluding hydrogens is 348 g/mol. The maximum atomic E-state index is 12.2. The van der Waals surface area contributed by atoms with Crippen LogP contribution in [0.25, 0.3) is 0 Å². The third-order valence-corrected chi connectivity index (χ3v) is 3.62. The van der Waals surface area contributed by atoms with Gasteiger partial charge in [-0.25, -0.2) is 4.98 Å². The number of anilines is 2. The molecule has 6 nitrogen and oxygen atoms in total. The molecule has 1 aliphatic carbocycles. The molecule has 0 bridgehead atoms. The Balaban J connectivity index is 1.70. The second kappa shape index (κ2) is 6.23. The molecule has 1 fully saturated rings. The third kappa shape index (κ3) is 3.67. The molecule has 1 aliphatic rings. The normalized spacial score (nSPS) is 13.5. The lowest BCUT2D eigenvalue weighted by molar-refractivity contribution is -0.117. The number of amides is 2. The van der Waals surface area contributed by atoms with E-state index in [1.165, 1.54) is 6.20 Å². The van der Waals surface area contributed by atoms with E-state index in [2.05, 4.69) is 36.5 Å². The number of nitrogens with zero attached hydrogens (tertiary/aromatic N) is 2. The maximum absolute atomic E-state index is 12.2. The van der Waals surface area contributed by atoms with Crippen LogP contribution in [0.3, 0.4) is 0 Å². The fourth-order valence-corrected chi connectivity index (χ4v) is 2.26. The van der Waals surface area contributed by atoms with Crippen molar-refractivity contribution < 1.29 is 9.59 Å². The minimum Gasteiger partial charge on any atom is -0.321 e. The summed E-state index contributed by atoms with van der Waals surface area (Å²) in [4.78, 5) is 32.0. The van der Waals surface area contributed by atoms with E-state index >= 15 is 0 Å². The molecule has 2 aromatic heterocycles. The SMILES string of the molecule is O=C(Nc1cncc(Br)c1)c1ccnc(NC(=O)C2CC2)c1. The molecule has 2 aromatic rings. The Bertz CT molecular complexity index is 731. The number of carbonyl (C=O) groups excluding carboxylic acids is 2. The van der Waals surface area contributed by atoms with Crippen LogP contribution in [-0.2, 0) is 4.79 Å². The van der Waals surface area contributed by atoms with Gasteiger partial charge < -0.3 is 10.6 Å². The molecule has 0 aliphatic heterocycles. The highest BCUT2D eigenvalue weighted by Gasteiger charge is 2.29. The van der Waals surface area contributed by atoms with Gasteiger partial charge in [0.1, 0.15) is 5.82 Å². The molecule has 0 atom stereocenters. The zero-order valence-electron chi connectivity index (χ0n) is 11.5. The summed E-state index contributed by atoms with van der Waals surface area (Å²) in [5, 5.41) is 5.46. The number of halogens is 1. The number of rotatable bonds is 4. The van der Waals surface area contributed by atoms with Crippen molar-refractivity contribution in [3.8, 4) is 0 Å². The molecule has 112 valence electrons. The number of nitrogens with one attached hydrogen (secondary N) is 2. The highest BCUT2D eigenvalue weighted by Crippen LogP contribution is 2.30. The van der Waals surface area contributed by atoms with Gasteiger partial charge >= 0.3 is 0 Å². The van der Waals surface area contributed by atoms with Crippen LogP contribution in [0, 0.1) is 5.92 Å². The summed E-state index contributed by atoms with van der Waals surface area (Å²) in [5.41, 5.74) is 1.00. The fraction of sp³-hybridized carbons (Fsp3) is 0.200. The number of aromatic nitrogens is 2. The highest BCUT2D eigenvalue weighted by molar-refractivity contribution is 9.10. The maximum Gasteiger partial charge on any atom is 0.255 e. The van der Waals surface area contributed by atoms with E-state index in [0.717, 1.165) is 17.3 Å². The Morgan fingerprint density at radius 1 is 1.18 bits per heavy atom. The number of hydrogen-bond donors (Lipinski definition) is 2. The minimum absolute atomic E-state index is 0.0405. The van der Waals surface area contributed by atoms with Crippen LogP contribution in [0.5, 0.6) is 0 Å². The summed E-state index contributed by atoms with van der Waals surface area (Å²) >= 11 is 3.30. The molecule has 0 aromatic carbocycles. The van der Waals surface area contributed by atoms with E-state index in [-0.39, 0.29) is 17.7 Å². The topological polar surface area (TPSA) is 84.0 Å². The Morgan fingerprint density at radius 3 is 2.73 bits per heavy atom. The molecule has 0 radical (unpaired) electrons. The molecule has 0 saturated heterocycles. The van der Waals surface area contributed by atoms with Crippen molar-refractivity contribution >= 4 is 39.2 Å². The first-order valence-corrected chi connectivity index (χ1v) is 7.60. The predicted octanol–water partition coefficient (Wildman–Crippen LogP) is 2.84. The van der Waals surface area contributed by atoms with Crippen LogP contribution in [0.4, 0.5) is 11.5 Å². The largest absolute Gasteiger partial charge is 0.321 e. The third-order valence-electron chi connectivity index (χ3n) is 3.18. The van der Waals surface area contributed by atoms with E-state index < -0.39 is 0 Å². The lowest BCUT2D eigenvalue weighted by Crippen LogP contribution is -2.16. The monoisotopic (exact) mass is 360 g/mol.